The van der Waals surface area contributed by atoms with Gasteiger partial charge in [0.15, 0.2) is 0 Å². The molecule has 0 atom stereocenters. The lowest BCUT2D eigenvalue weighted by Crippen LogP contribution is -1.87. The second kappa shape index (κ2) is 7.09. The van der Waals surface area contributed by atoms with E-state index in [1.54, 1.807) is 38.4 Å². The minimum absolute atomic E-state index is 0.809. The Morgan fingerprint density at radius 1 is 0.923 bits per heavy atom. The van der Waals surface area contributed by atoms with Gasteiger partial charge in [-0.3, -0.25) is 4.98 Å². The van der Waals surface area contributed by atoms with Crippen LogP contribution >= 0.6 is 11.8 Å². The van der Waals surface area contributed by atoms with E-state index in [1.165, 1.54) is 0 Å². The number of ether oxygens (including phenoxy) is 2. The normalized spacial score (nSPS) is 10.8. The van der Waals surface area contributed by atoms with Gasteiger partial charge in [-0.1, -0.05) is 11.8 Å². The van der Waals surface area contributed by atoms with Crippen molar-refractivity contribution in [1.82, 2.24) is 15.0 Å². The van der Waals surface area contributed by atoms with E-state index in [-0.39, 0.29) is 0 Å². The van der Waals surface area contributed by atoms with Crippen LogP contribution in [0, 0.1) is 0 Å². The Bertz CT molecular complexity index is 1030. The Hall–Kier alpha value is -2.99. The van der Waals surface area contributed by atoms with Crippen molar-refractivity contribution in [2.75, 3.05) is 14.2 Å². The van der Waals surface area contributed by atoms with Crippen molar-refractivity contribution in [1.29, 1.82) is 0 Å². The zero-order chi connectivity index (χ0) is 17.9. The summed E-state index contributed by atoms with van der Waals surface area (Å²) < 4.78 is 10.8. The van der Waals surface area contributed by atoms with E-state index in [0.29, 0.717) is 0 Å². The van der Waals surface area contributed by atoms with Crippen molar-refractivity contribution in [3.63, 3.8) is 0 Å². The van der Waals surface area contributed by atoms with Gasteiger partial charge < -0.3 is 14.5 Å². The fraction of sp³-hybridized carbons (Fsp3) is 0.100. The molecular weight excluding hydrogens is 346 g/mol. The van der Waals surface area contributed by atoms with Gasteiger partial charge in [0.1, 0.15) is 17.3 Å². The third kappa shape index (κ3) is 3.23. The largest absolute Gasteiger partial charge is 0.497 e. The molecule has 2 aromatic heterocycles. The van der Waals surface area contributed by atoms with Crippen molar-refractivity contribution in [2.24, 2.45) is 0 Å². The summed E-state index contributed by atoms with van der Waals surface area (Å²) >= 11 is 1.63. The highest BCUT2D eigenvalue weighted by Gasteiger charge is 2.12. The first-order chi connectivity index (χ1) is 12.8. The van der Waals surface area contributed by atoms with E-state index in [0.717, 1.165) is 43.7 Å². The number of fused-ring (bicyclic) bond motifs is 1. The highest BCUT2D eigenvalue weighted by Crippen LogP contribution is 2.37. The molecule has 0 saturated carbocycles. The van der Waals surface area contributed by atoms with Crippen molar-refractivity contribution in [3.8, 4) is 22.9 Å². The SMILES string of the molecule is COc1ccc(-c2nc3cc(Sc4ccncc4)c(OC)cc3[nH]2)cc1. The first-order valence-corrected chi connectivity index (χ1v) is 8.88. The summed E-state index contributed by atoms with van der Waals surface area (Å²) in [4.78, 5) is 14.3. The van der Waals surface area contributed by atoms with Crippen LogP contribution in [-0.4, -0.2) is 29.2 Å². The van der Waals surface area contributed by atoms with Gasteiger partial charge in [0.2, 0.25) is 0 Å². The Balaban J connectivity index is 1.73. The number of pyridine rings is 1. The second-order valence-corrected chi connectivity index (χ2v) is 6.73. The van der Waals surface area contributed by atoms with Gasteiger partial charge in [0, 0.05) is 28.9 Å². The van der Waals surface area contributed by atoms with Crippen LogP contribution in [0.1, 0.15) is 0 Å². The van der Waals surface area contributed by atoms with Crippen LogP contribution in [0.3, 0.4) is 0 Å². The average Bonchev–Trinajstić information content (AvgIpc) is 3.11. The number of nitrogens with one attached hydrogen (secondary N) is 1. The Kier molecular flexibility index (Phi) is 4.50. The highest BCUT2D eigenvalue weighted by molar-refractivity contribution is 7.99. The quantitative estimate of drug-likeness (QED) is 0.552. The molecular formula is C20H17N3O2S. The summed E-state index contributed by atoms with van der Waals surface area (Å²) in [6, 6.07) is 15.8. The minimum Gasteiger partial charge on any atom is -0.497 e. The van der Waals surface area contributed by atoms with Crippen molar-refractivity contribution < 1.29 is 9.47 Å². The molecule has 2 aromatic carbocycles. The minimum atomic E-state index is 0.809. The number of benzene rings is 2. The number of hydrogen-bond donors (Lipinski definition) is 1. The summed E-state index contributed by atoms with van der Waals surface area (Å²) in [5, 5.41) is 0. The van der Waals surface area contributed by atoms with Gasteiger partial charge in [-0.25, -0.2) is 4.98 Å². The number of nitrogens with zero attached hydrogens (tertiary/aromatic N) is 2. The van der Waals surface area contributed by atoms with Crippen LogP contribution in [0.4, 0.5) is 0 Å². The lowest BCUT2D eigenvalue weighted by atomic mass is 10.2. The number of imidazole rings is 1. The van der Waals surface area contributed by atoms with Crippen LogP contribution < -0.4 is 9.47 Å². The fourth-order valence-electron chi connectivity index (χ4n) is 2.68. The molecule has 0 bridgehead atoms. The average molecular weight is 363 g/mol. The summed E-state index contributed by atoms with van der Waals surface area (Å²) in [6.45, 7) is 0. The topological polar surface area (TPSA) is 60.0 Å². The van der Waals surface area contributed by atoms with Gasteiger partial charge >= 0.3 is 0 Å². The molecule has 0 radical (unpaired) electrons. The lowest BCUT2D eigenvalue weighted by molar-refractivity contribution is 0.405. The molecule has 0 aliphatic rings. The maximum atomic E-state index is 5.57. The second-order valence-electron chi connectivity index (χ2n) is 5.62. The molecule has 26 heavy (non-hydrogen) atoms. The number of methoxy groups -OCH3 is 2. The maximum Gasteiger partial charge on any atom is 0.138 e. The first kappa shape index (κ1) is 16.5. The standard InChI is InChI=1S/C20H17N3O2S/c1-24-14-5-3-13(4-6-14)20-22-16-11-18(25-2)19(12-17(16)23-20)26-15-7-9-21-10-8-15/h3-12H,1-2H3,(H,22,23). The van der Waals surface area contributed by atoms with Gasteiger partial charge in [0.25, 0.3) is 0 Å². The number of rotatable bonds is 5. The monoisotopic (exact) mass is 363 g/mol. The Labute approximate surface area is 155 Å². The maximum absolute atomic E-state index is 5.57. The molecule has 4 aromatic rings. The predicted octanol–water partition coefficient (Wildman–Crippen LogP) is 4.79. The van der Waals surface area contributed by atoms with Gasteiger partial charge in [-0.15, -0.1) is 0 Å². The molecule has 0 aliphatic carbocycles. The summed E-state index contributed by atoms with van der Waals surface area (Å²) in [6.07, 6.45) is 3.56. The Morgan fingerprint density at radius 2 is 1.69 bits per heavy atom. The molecule has 0 spiro atoms. The van der Waals surface area contributed by atoms with Crippen molar-refractivity contribution in [3.05, 3.63) is 60.9 Å². The molecule has 6 heteroatoms. The fourth-order valence-corrected chi connectivity index (χ4v) is 3.60. The van der Waals surface area contributed by atoms with Crippen LogP contribution in [0.5, 0.6) is 11.5 Å². The molecule has 0 fully saturated rings. The smallest absolute Gasteiger partial charge is 0.138 e. The molecule has 0 amide bonds. The molecule has 0 saturated heterocycles. The zero-order valence-corrected chi connectivity index (χ0v) is 15.2. The van der Waals surface area contributed by atoms with Crippen molar-refractivity contribution >= 4 is 22.8 Å². The van der Waals surface area contributed by atoms with E-state index < -0.39 is 0 Å². The number of aromatic amines is 1. The Morgan fingerprint density at radius 3 is 2.38 bits per heavy atom. The highest BCUT2D eigenvalue weighted by atomic mass is 32.2. The third-order valence-electron chi connectivity index (χ3n) is 4.01. The van der Waals surface area contributed by atoms with Crippen LogP contribution in [-0.2, 0) is 0 Å². The van der Waals surface area contributed by atoms with Gasteiger partial charge in [-0.05, 0) is 42.5 Å². The van der Waals surface area contributed by atoms with Gasteiger partial charge in [-0.2, -0.15) is 0 Å². The number of H-pyrrole nitrogens is 1. The van der Waals surface area contributed by atoms with E-state index in [2.05, 4.69) is 9.97 Å². The molecule has 0 unspecified atom stereocenters. The van der Waals surface area contributed by atoms with Crippen molar-refractivity contribution in [2.45, 2.75) is 9.79 Å². The zero-order valence-electron chi connectivity index (χ0n) is 14.4. The van der Waals surface area contributed by atoms with E-state index in [1.807, 2.05) is 48.5 Å². The summed E-state index contributed by atoms with van der Waals surface area (Å²) in [5.74, 6) is 2.45. The lowest BCUT2D eigenvalue weighted by Gasteiger charge is -2.07. The third-order valence-corrected chi connectivity index (χ3v) is 5.06. The molecule has 5 nitrogen and oxygen atoms in total. The summed E-state index contributed by atoms with van der Waals surface area (Å²) in [7, 11) is 3.34. The molecule has 4 rings (SSSR count). The van der Waals surface area contributed by atoms with Crippen LogP contribution in [0.25, 0.3) is 22.4 Å². The van der Waals surface area contributed by atoms with E-state index in [9.17, 15) is 0 Å². The number of hydrogen-bond acceptors (Lipinski definition) is 5. The van der Waals surface area contributed by atoms with Gasteiger partial charge in [0.05, 0.1) is 30.1 Å². The van der Waals surface area contributed by atoms with Crippen LogP contribution in [0.2, 0.25) is 0 Å². The first-order valence-electron chi connectivity index (χ1n) is 8.07. The van der Waals surface area contributed by atoms with Crippen LogP contribution in [0.15, 0.2) is 70.7 Å². The molecule has 0 aliphatic heterocycles. The summed E-state index contributed by atoms with van der Waals surface area (Å²) in [5.41, 5.74) is 2.84. The number of aromatic nitrogens is 3. The van der Waals surface area contributed by atoms with E-state index >= 15 is 0 Å². The molecule has 2 heterocycles. The van der Waals surface area contributed by atoms with E-state index in [4.69, 9.17) is 14.5 Å². The molecule has 1 N–H and O–H groups in total. The predicted molar refractivity (Wildman–Crippen MR) is 103 cm³/mol. The molecule has 130 valence electrons.